The summed E-state index contributed by atoms with van der Waals surface area (Å²) in [6.07, 6.45) is 0.500. The molecule has 1 amide bonds. The van der Waals surface area contributed by atoms with Crippen LogP contribution in [0.25, 0.3) is 0 Å². The van der Waals surface area contributed by atoms with Crippen LogP contribution in [-0.4, -0.2) is 35.2 Å². The van der Waals surface area contributed by atoms with Gasteiger partial charge in [0.1, 0.15) is 5.60 Å². The highest BCUT2D eigenvalue weighted by atomic mass is 79.9. The van der Waals surface area contributed by atoms with E-state index in [1.807, 2.05) is 24.3 Å². The van der Waals surface area contributed by atoms with Gasteiger partial charge in [-0.3, -0.25) is 4.90 Å². The molecule has 1 saturated heterocycles. The van der Waals surface area contributed by atoms with Gasteiger partial charge in [0.15, 0.2) is 0 Å². The number of nitrogens with zero attached hydrogens (tertiary/aromatic N) is 1. The van der Waals surface area contributed by atoms with Crippen LogP contribution in [0.5, 0.6) is 0 Å². The first-order valence-electron chi connectivity index (χ1n) is 7.60. The summed E-state index contributed by atoms with van der Waals surface area (Å²) in [7, 11) is 0. The summed E-state index contributed by atoms with van der Waals surface area (Å²) in [5.74, 6) is -1.16. The standard InChI is InChI=1S/C17H22BrNO4/c1-17(2,3)23-16(22)19-10-12(9-14(19)15(20)21)7-11-5-4-6-13(18)8-11/h4-6,8,12,14H,7,9-10H2,1-3H3,(H,20,21)/p-1/t12-,14+/m1/s1. The predicted octanol–water partition coefficient (Wildman–Crippen LogP) is 2.37. The molecule has 0 N–H and O–H groups in total. The molecule has 2 rings (SSSR count). The Morgan fingerprint density at radius 3 is 2.65 bits per heavy atom. The first kappa shape index (κ1) is 17.8. The smallest absolute Gasteiger partial charge is 0.410 e. The molecule has 0 spiro atoms. The number of likely N-dealkylation sites (tertiary alicyclic amines) is 1. The van der Waals surface area contributed by atoms with E-state index in [1.165, 1.54) is 4.90 Å². The number of rotatable bonds is 3. The summed E-state index contributed by atoms with van der Waals surface area (Å²) in [5, 5.41) is 11.4. The first-order valence-corrected chi connectivity index (χ1v) is 8.40. The van der Waals surface area contributed by atoms with Gasteiger partial charge < -0.3 is 14.6 Å². The number of hydrogen-bond donors (Lipinski definition) is 0. The van der Waals surface area contributed by atoms with E-state index in [9.17, 15) is 14.7 Å². The Kier molecular flexibility index (Phi) is 5.34. The highest BCUT2D eigenvalue weighted by Gasteiger charge is 2.38. The lowest BCUT2D eigenvalue weighted by Gasteiger charge is -2.28. The number of ether oxygens (including phenoxy) is 1. The Bertz CT molecular complexity index is 597. The Balaban J connectivity index is 2.08. The Morgan fingerprint density at radius 2 is 2.09 bits per heavy atom. The average Bonchev–Trinajstić information content (AvgIpc) is 2.81. The second-order valence-corrected chi connectivity index (χ2v) is 7.82. The third-order valence-electron chi connectivity index (χ3n) is 3.70. The van der Waals surface area contributed by atoms with Gasteiger partial charge >= 0.3 is 6.09 Å². The van der Waals surface area contributed by atoms with Gasteiger partial charge in [-0.15, -0.1) is 0 Å². The second kappa shape index (κ2) is 6.91. The van der Waals surface area contributed by atoms with Crippen molar-refractivity contribution in [1.82, 2.24) is 4.90 Å². The molecule has 6 heteroatoms. The van der Waals surface area contributed by atoms with E-state index in [1.54, 1.807) is 20.8 Å². The quantitative estimate of drug-likeness (QED) is 0.804. The first-order chi connectivity index (χ1) is 10.7. The number of hydrogen-bond acceptors (Lipinski definition) is 4. The lowest BCUT2D eigenvalue weighted by Crippen LogP contribution is -2.48. The van der Waals surface area contributed by atoms with Gasteiger partial charge in [0, 0.05) is 11.0 Å². The minimum absolute atomic E-state index is 0.0692. The van der Waals surface area contributed by atoms with Crippen LogP contribution < -0.4 is 5.11 Å². The molecule has 0 radical (unpaired) electrons. The number of aliphatic carboxylic acids is 1. The molecule has 1 aliphatic rings. The van der Waals surface area contributed by atoms with Crippen LogP contribution in [0, 0.1) is 5.92 Å². The number of amides is 1. The molecule has 1 heterocycles. The second-order valence-electron chi connectivity index (χ2n) is 6.90. The van der Waals surface area contributed by atoms with Gasteiger partial charge in [0.05, 0.1) is 12.0 Å². The molecule has 0 aromatic heterocycles. The van der Waals surface area contributed by atoms with Gasteiger partial charge in [-0.2, -0.15) is 0 Å². The van der Waals surface area contributed by atoms with Crippen LogP contribution in [0.4, 0.5) is 4.79 Å². The molecule has 0 saturated carbocycles. The molecule has 1 aromatic carbocycles. The van der Waals surface area contributed by atoms with Crippen LogP contribution in [-0.2, 0) is 16.0 Å². The maximum Gasteiger partial charge on any atom is 0.410 e. The zero-order chi connectivity index (χ0) is 17.2. The maximum atomic E-state index is 12.2. The Labute approximate surface area is 144 Å². The van der Waals surface area contributed by atoms with E-state index >= 15 is 0 Å². The molecule has 0 unspecified atom stereocenters. The molecule has 1 aromatic rings. The molecule has 23 heavy (non-hydrogen) atoms. The van der Waals surface area contributed by atoms with Crippen LogP contribution in [0.2, 0.25) is 0 Å². The van der Waals surface area contributed by atoms with Gasteiger partial charge in [-0.05, 0) is 57.2 Å². The van der Waals surface area contributed by atoms with E-state index in [2.05, 4.69) is 15.9 Å². The highest BCUT2D eigenvalue weighted by Crippen LogP contribution is 2.28. The van der Waals surface area contributed by atoms with Crippen molar-refractivity contribution in [2.45, 2.75) is 45.3 Å². The van der Waals surface area contributed by atoms with Crippen molar-refractivity contribution in [1.29, 1.82) is 0 Å². The largest absolute Gasteiger partial charge is 0.548 e. The molecule has 0 bridgehead atoms. The van der Waals surface area contributed by atoms with Crippen LogP contribution in [0.3, 0.4) is 0 Å². The molecule has 1 fully saturated rings. The summed E-state index contributed by atoms with van der Waals surface area (Å²) < 4.78 is 6.29. The van der Waals surface area contributed by atoms with Gasteiger partial charge in [-0.1, -0.05) is 28.1 Å². The zero-order valence-corrected chi connectivity index (χ0v) is 15.1. The number of benzene rings is 1. The number of carboxylic acids is 1. The fourth-order valence-corrected chi connectivity index (χ4v) is 3.26. The average molecular weight is 383 g/mol. The normalized spacial score (nSPS) is 21.3. The molecule has 1 aliphatic heterocycles. The van der Waals surface area contributed by atoms with Crippen molar-refractivity contribution in [3.8, 4) is 0 Å². The molecule has 126 valence electrons. The van der Waals surface area contributed by atoms with Gasteiger partial charge in [-0.25, -0.2) is 4.79 Å². The van der Waals surface area contributed by atoms with E-state index in [0.29, 0.717) is 19.4 Å². The Morgan fingerprint density at radius 1 is 1.39 bits per heavy atom. The number of carbonyl (C=O) groups excluding carboxylic acids is 2. The SMILES string of the molecule is CC(C)(C)OC(=O)N1C[C@H](Cc2cccc(Br)c2)C[C@H]1C(=O)[O-]. The molecule has 5 nitrogen and oxygen atoms in total. The van der Waals surface area contributed by atoms with E-state index in [4.69, 9.17) is 4.74 Å². The van der Waals surface area contributed by atoms with Crippen LogP contribution in [0.1, 0.15) is 32.8 Å². The van der Waals surface area contributed by atoms with E-state index < -0.39 is 23.7 Å². The molecule has 0 aliphatic carbocycles. The number of carboxylic acid groups (broad SMARTS) is 1. The molecule has 2 atom stereocenters. The predicted molar refractivity (Wildman–Crippen MR) is 87.7 cm³/mol. The van der Waals surface area contributed by atoms with Crippen molar-refractivity contribution >= 4 is 28.0 Å². The molecular weight excluding hydrogens is 362 g/mol. The monoisotopic (exact) mass is 382 g/mol. The summed E-state index contributed by atoms with van der Waals surface area (Å²) in [4.78, 5) is 24.9. The summed E-state index contributed by atoms with van der Waals surface area (Å²) in [5.41, 5.74) is 0.447. The van der Waals surface area contributed by atoms with E-state index in [0.717, 1.165) is 10.0 Å². The summed E-state index contributed by atoms with van der Waals surface area (Å²) in [6.45, 7) is 5.63. The summed E-state index contributed by atoms with van der Waals surface area (Å²) >= 11 is 3.43. The van der Waals surface area contributed by atoms with Gasteiger partial charge in [0.2, 0.25) is 0 Å². The number of halogens is 1. The highest BCUT2D eigenvalue weighted by molar-refractivity contribution is 9.10. The lowest BCUT2D eigenvalue weighted by atomic mass is 9.97. The topological polar surface area (TPSA) is 69.7 Å². The van der Waals surface area contributed by atoms with Crippen molar-refractivity contribution in [3.63, 3.8) is 0 Å². The number of carbonyl (C=O) groups is 2. The van der Waals surface area contributed by atoms with Crippen molar-refractivity contribution < 1.29 is 19.4 Å². The maximum absolute atomic E-state index is 12.2. The fraction of sp³-hybridized carbons (Fsp3) is 0.529. The van der Waals surface area contributed by atoms with Crippen molar-refractivity contribution in [2.75, 3.05) is 6.54 Å². The minimum Gasteiger partial charge on any atom is -0.548 e. The summed E-state index contributed by atoms with van der Waals surface area (Å²) in [6, 6.07) is 6.95. The third kappa shape index (κ3) is 4.96. The minimum atomic E-state index is -1.23. The van der Waals surface area contributed by atoms with Gasteiger partial charge in [0.25, 0.3) is 0 Å². The van der Waals surface area contributed by atoms with E-state index in [-0.39, 0.29) is 5.92 Å². The fourth-order valence-electron chi connectivity index (χ4n) is 2.81. The Hall–Kier alpha value is -1.56. The van der Waals surface area contributed by atoms with Crippen molar-refractivity contribution in [3.05, 3.63) is 34.3 Å². The molecular formula is C17H21BrNO4-. The lowest BCUT2D eigenvalue weighted by molar-refractivity contribution is -0.310. The van der Waals surface area contributed by atoms with Crippen molar-refractivity contribution in [2.24, 2.45) is 5.92 Å². The van der Waals surface area contributed by atoms with Crippen LogP contribution >= 0.6 is 15.9 Å². The zero-order valence-electron chi connectivity index (χ0n) is 13.5. The third-order valence-corrected chi connectivity index (χ3v) is 4.19. The van der Waals surface area contributed by atoms with Crippen LogP contribution in [0.15, 0.2) is 28.7 Å².